The third kappa shape index (κ3) is 5.35. The van der Waals surface area contributed by atoms with E-state index in [2.05, 4.69) is 5.32 Å². The van der Waals surface area contributed by atoms with Crippen LogP contribution in [-0.2, 0) is 9.53 Å². The fraction of sp³-hybridized carbons (Fsp3) is 0.300. The number of amides is 1. The molecular weight excluding hydrogens is 318 g/mol. The molecule has 0 heterocycles. The molecule has 1 unspecified atom stereocenters. The van der Waals surface area contributed by atoms with Crippen molar-refractivity contribution in [1.29, 1.82) is 0 Å². The van der Waals surface area contributed by atoms with E-state index in [1.807, 2.05) is 26.8 Å². The Bertz CT molecular complexity index is 718. The highest BCUT2D eigenvalue weighted by molar-refractivity contribution is 5.92. The van der Waals surface area contributed by atoms with Gasteiger partial charge in [0, 0.05) is 11.1 Å². The van der Waals surface area contributed by atoms with Crippen LogP contribution in [-0.4, -0.2) is 24.5 Å². The van der Waals surface area contributed by atoms with Crippen molar-refractivity contribution in [3.05, 3.63) is 65.7 Å². The molecule has 0 aliphatic heterocycles. The highest BCUT2D eigenvalue weighted by atomic mass is 16.5. The van der Waals surface area contributed by atoms with Gasteiger partial charge < -0.3 is 14.8 Å². The third-order valence-corrected chi connectivity index (χ3v) is 3.39. The van der Waals surface area contributed by atoms with Crippen LogP contribution in [0.25, 0.3) is 0 Å². The summed E-state index contributed by atoms with van der Waals surface area (Å²) in [4.78, 5) is 25.1. The maximum Gasteiger partial charge on any atom is 0.339 e. The molecule has 0 radical (unpaired) electrons. The first-order valence-corrected chi connectivity index (χ1v) is 8.02. The van der Waals surface area contributed by atoms with Crippen LogP contribution in [0.2, 0.25) is 0 Å². The molecule has 1 amide bonds. The predicted octanol–water partition coefficient (Wildman–Crippen LogP) is 3.51. The van der Waals surface area contributed by atoms with Crippen molar-refractivity contribution < 1.29 is 19.1 Å². The highest BCUT2D eigenvalue weighted by Gasteiger charge is 2.28. The lowest BCUT2D eigenvalue weighted by molar-refractivity contribution is -0.131. The minimum atomic E-state index is -1.04. The fourth-order valence-corrected chi connectivity index (χ4v) is 2.24. The largest absolute Gasteiger partial charge is 0.497 e. The topological polar surface area (TPSA) is 64.6 Å². The number of ether oxygens (including phenoxy) is 2. The first-order valence-electron chi connectivity index (χ1n) is 8.02. The number of benzene rings is 2. The third-order valence-electron chi connectivity index (χ3n) is 3.39. The van der Waals surface area contributed by atoms with Crippen LogP contribution >= 0.6 is 0 Å². The number of hydrogen-bond acceptors (Lipinski definition) is 4. The van der Waals surface area contributed by atoms with Gasteiger partial charge >= 0.3 is 5.97 Å². The molecule has 0 spiro atoms. The van der Waals surface area contributed by atoms with Crippen molar-refractivity contribution in [3.8, 4) is 5.75 Å². The summed E-state index contributed by atoms with van der Waals surface area (Å²) < 4.78 is 10.6. The highest BCUT2D eigenvalue weighted by Crippen LogP contribution is 2.23. The van der Waals surface area contributed by atoms with Crippen LogP contribution in [0, 0.1) is 0 Å². The first-order chi connectivity index (χ1) is 11.8. The molecule has 5 nitrogen and oxygen atoms in total. The quantitative estimate of drug-likeness (QED) is 0.845. The number of esters is 1. The van der Waals surface area contributed by atoms with Crippen molar-refractivity contribution in [2.75, 3.05) is 7.11 Å². The van der Waals surface area contributed by atoms with Gasteiger partial charge in [-0.3, -0.25) is 4.79 Å². The monoisotopic (exact) mass is 341 g/mol. The second kappa shape index (κ2) is 7.83. The Morgan fingerprint density at radius 1 is 0.960 bits per heavy atom. The Kier molecular flexibility index (Phi) is 5.80. The summed E-state index contributed by atoms with van der Waals surface area (Å²) in [6.45, 7) is 5.61. The fourth-order valence-electron chi connectivity index (χ4n) is 2.24. The van der Waals surface area contributed by atoms with Gasteiger partial charge in [-0.2, -0.15) is 0 Å². The number of carbonyl (C=O) groups excluding carboxylic acids is 2. The number of rotatable bonds is 5. The van der Waals surface area contributed by atoms with Crippen LogP contribution in [0.4, 0.5) is 0 Å². The van der Waals surface area contributed by atoms with E-state index in [9.17, 15) is 9.59 Å². The van der Waals surface area contributed by atoms with Gasteiger partial charge in [-0.1, -0.05) is 30.3 Å². The van der Waals surface area contributed by atoms with E-state index in [-0.39, 0.29) is 5.91 Å². The van der Waals surface area contributed by atoms with Gasteiger partial charge in [0.15, 0.2) is 0 Å². The number of nitrogens with one attached hydrogen (secondary N) is 1. The molecular formula is C20H23NO4. The minimum absolute atomic E-state index is 0.373. The second-order valence-electron chi connectivity index (χ2n) is 6.66. The average Bonchev–Trinajstić information content (AvgIpc) is 2.59. The Hall–Kier alpha value is -2.82. The zero-order valence-corrected chi connectivity index (χ0v) is 14.9. The maximum absolute atomic E-state index is 12.7. The molecule has 1 atom stereocenters. The van der Waals surface area contributed by atoms with Crippen molar-refractivity contribution in [3.63, 3.8) is 0 Å². The molecule has 0 bridgehead atoms. The van der Waals surface area contributed by atoms with Gasteiger partial charge in [-0.05, 0) is 45.0 Å². The van der Waals surface area contributed by atoms with Gasteiger partial charge in [0.2, 0.25) is 6.10 Å². The molecule has 0 aliphatic carbocycles. The van der Waals surface area contributed by atoms with E-state index in [0.29, 0.717) is 16.9 Å². The molecule has 0 aromatic heterocycles. The van der Waals surface area contributed by atoms with Crippen LogP contribution in [0.15, 0.2) is 54.6 Å². The number of methoxy groups -OCH3 is 1. The van der Waals surface area contributed by atoms with E-state index in [1.54, 1.807) is 55.6 Å². The van der Waals surface area contributed by atoms with Crippen LogP contribution in [0.3, 0.4) is 0 Å². The van der Waals surface area contributed by atoms with Gasteiger partial charge in [0.1, 0.15) is 5.75 Å². The summed E-state index contributed by atoms with van der Waals surface area (Å²) >= 11 is 0. The van der Waals surface area contributed by atoms with Gasteiger partial charge in [0.05, 0.1) is 12.7 Å². The van der Waals surface area contributed by atoms with Crippen LogP contribution < -0.4 is 10.1 Å². The maximum atomic E-state index is 12.7. The lowest BCUT2D eigenvalue weighted by Gasteiger charge is -2.25. The standard InChI is InChI=1S/C20H23NO4/c1-20(2,3)21-18(22)17(14-10-12-16(24-4)13-11-14)25-19(23)15-8-6-5-7-9-15/h5-13,17H,1-4H3,(H,21,22). The molecule has 2 aromatic rings. The zero-order valence-electron chi connectivity index (χ0n) is 14.9. The van der Waals surface area contributed by atoms with Crippen molar-refractivity contribution in [2.24, 2.45) is 0 Å². The molecule has 25 heavy (non-hydrogen) atoms. The van der Waals surface area contributed by atoms with E-state index < -0.39 is 17.6 Å². The Labute approximate surface area is 148 Å². The second-order valence-corrected chi connectivity index (χ2v) is 6.66. The predicted molar refractivity (Wildman–Crippen MR) is 95.5 cm³/mol. The molecule has 1 N–H and O–H groups in total. The molecule has 2 rings (SSSR count). The summed E-state index contributed by atoms with van der Waals surface area (Å²) in [6, 6.07) is 15.5. The number of carbonyl (C=O) groups is 2. The van der Waals surface area contributed by atoms with E-state index in [0.717, 1.165) is 0 Å². The molecule has 132 valence electrons. The van der Waals surface area contributed by atoms with E-state index >= 15 is 0 Å². The Morgan fingerprint density at radius 3 is 2.08 bits per heavy atom. The smallest absolute Gasteiger partial charge is 0.339 e. The Balaban J connectivity index is 2.27. The van der Waals surface area contributed by atoms with Gasteiger partial charge in [-0.25, -0.2) is 4.79 Å². The van der Waals surface area contributed by atoms with Crippen LogP contribution in [0.1, 0.15) is 42.8 Å². The SMILES string of the molecule is COc1ccc(C(OC(=O)c2ccccc2)C(=O)NC(C)(C)C)cc1. The molecule has 0 fully saturated rings. The lowest BCUT2D eigenvalue weighted by Crippen LogP contribution is -2.44. The van der Waals surface area contributed by atoms with Crippen molar-refractivity contribution >= 4 is 11.9 Å². The zero-order chi connectivity index (χ0) is 18.4. The number of hydrogen-bond donors (Lipinski definition) is 1. The van der Waals surface area contributed by atoms with Gasteiger partial charge in [0.25, 0.3) is 5.91 Å². The normalized spacial score (nSPS) is 12.2. The summed E-state index contributed by atoms with van der Waals surface area (Å²) in [7, 11) is 1.56. The summed E-state index contributed by atoms with van der Waals surface area (Å²) in [5.41, 5.74) is 0.525. The molecule has 0 saturated carbocycles. The lowest BCUT2D eigenvalue weighted by atomic mass is 10.0. The average molecular weight is 341 g/mol. The van der Waals surface area contributed by atoms with Gasteiger partial charge in [-0.15, -0.1) is 0 Å². The van der Waals surface area contributed by atoms with Crippen molar-refractivity contribution in [1.82, 2.24) is 5.32 Å². The first kappa shape index (κ1) is 18.5. The minimum Gasteiger partial charge on any atom is -0.497 e. The summed E-state index contributed by atoms with van der Waals surface area (Å²) in [6.07, 6.45) is -1.04. The summed E-state index contributed by atoms with van der Waals surface area (Å²) in [5, 5.41) is 2.86. The van der Waals surface area contributed by atoms with Crippen molar-refractivity contribution in [2.45, 2.75) is 32.4 Å². The van der Waals surface area contributed by atoms with E-state index in [1.165, 1.54) is 0 Å². The van der Waals surface area contributed by atoms with Crippen LogP contribution in [0.5, 0.6) is 5.75 Å². The molecule has 0 saturated heterocycles. The molecule has 2 aromatic carbocycles. The molecule has 0 aliphatic rings. The summed E-state index contributed by atoms with van der Waals surface area (Å²) in [5.74, 6) is -0.263. The van der Waals surface area contributed by atoms with E-state index in [4.69, 9.17) is 9.47 Å². The Morgan fingerprint density at radius 2 is 1.56 bits per heavy atom. The molecule has 5 heteroatoms.